The van der Waals surface area contributed by atoms with E-state index in [9.17, 15) is 4.79 Å². The molecule has 0 saturated heterocycles. The molecular formula is C16H24OS. The first kappa shape index (κ1) is 15.3. The van der Waals surface area contributed by atoms with Gasteiger partial charge in [0.1, 0.15) is 5.78 Å². The van der Waals surface area contributed by atoms with Gasteiger partial charge in [-0.1, -0.05) is 50.8 Å². The van der Waals surface area contributed by atoms with E-state index < -0.39 is 0 Å². The predicted octanol–water partition coefficient (Wildman–Crippen LogP) is 5.10. The van der Waals surface area contributed by atoms with Crippen molar-refractivity contribution in [2.45, 2.75) is 62.5 Å². The van der Waals surface area contributed by atoms with Crippen molar-refractivity contribution in [3.05, 3.63) is 30.3 Å². The highest BCUT2D eigenvalue weighted by atomic mass is 32.2. The summed E-state index contributed by atoms with van der Waals surface area (Å²) in [5, 5.41) is 0. The zero-order chi connectivity index (χ0) is 13.4. The van der Waals surface area contributed by atoms with Crippen LogP contribution in [0.1, 0.15) is 52.9 Å². The molecule has 0 amide bonds. The van der Waals surface area contributed by atoms with Gasteiger partial charge in [-0.2, -0.15) is 0 Å². The number of carbonyl (C=O) groups excluding carboxylic acids is 1. The molecule has 0 radical (unpaired) electrons. The summed E-state index contributed by atoms with van der Waals surface area (Å²) < 4.78 is -0.269. The second-order valence-electron chi connectivity index (χ2n) is 5.01. The van der Waals surface area contributed by atoms with Crippen LogP contribution >= 0.6 is 11.8 Å². The van der Waals surface area contributed by atoms with Crippen molar-refractivity contribution in [3.63, 3.8) is 0 Å². The normalized spacial score (nSPS) is 14.2. The molecule has 1 aromatic carbocycles. The van der Waals surface area contributed by atoms with Crippen molar-refractivity contribution in [1.82, 2.24) is 0 Å². The highest BCUT2D eigenvalue weighted by Crippen LogP contribution is 2.37. The van der Waals surface area contributed by atoms with Gasteiger partial charge in [0.25, 0.3) is 0 Å². The fourth-order valence-electron chi connectivity index (χ4n) is 1.94. The Labute approximate surface area is 115 Å². The van der Waals surface area contributed by atoms with Crippen molar-refractivity contribution in [2.24, 2.45) is 0 Å². The lowest BCUT2D eigenvalue weighted by atomic mass is 9.98. The van der Waals surface area contributed by atoms with E-state index in [2.05, 4.69) is 26.0 Å². The molecule has 0 saturated carbocycles. The summed E-state index contributed by atoms with van der Waals surface area (Å²) in [5.41, 5.74) is 0. The second kappa shape index (κ2) is 7.63. The van der Waals surface area contributed by atoms with E-state index in [-0.39, 0.29) is 10.5 Å². The molecule has 0 spiro atoms. The fraction of sp³-hybridized carbons (Fsp3) is 0.562. The standard InChI is InChI=1S/C16H24OS/c1-4-5-6-10-13-16(3,14(2)17)18-15-11-8-7-9-12-15/h7-9,11-12H,4-6,10,13H2,1-3H3/t16-/m0/s1. The summed E-state index contributed by atoms with van der Waals surface area (Å²) in [7, 11) is 0. The molecule has 0 unspecified atom stereocenters. The molecule has 0 N–H and O–H groups in total. The predicted molar refractivity (Wildman–Crippen MR) is 80.1 cm³/mol. The van der Waals surface area contributed by atoms with Crippen molar-refractivity contribution in [1.29, 1.82) is 0 Å². The van der Waals surface area contributed by atoms with Crippen molar-refractivity contribution < 1.29 is 4.79 Å². The lowest BCUT2D eigenvalue weighted by molar-refractivity contribution is -0.119. The Morgan fingerprint density at radius 2 is 1.83 bits per heavy atom. The molecule has 100 valence electrons. The van der Waals surface area contributed by atoms with Gasteiger partial charge in [-0.3, -0.25) is 4.79 Å². The Morgan fingerprint density at radius 1 is 1.17 bits per heavy atom. The average molecular weight is 264 g/mol. The minimum Gasteiger partial charge on any atom is -0.298 e. The summed E-state index contributed by atoms with van der Waals surface area (Å²) >= 11 is 1.71. The van der Waals surface area contributed by atoms with Crippen LogP contribution in [0, 0.1) is 0 Å². The number of thioether (sulfide) groups is 1. The Balaban J connectivity index is 2.60. The maximum absolute atomic E-state index is 11.9. The van der Waals surface area contributed by atoms with Crippen molar-refractivity contribution in [3.8, 4) is 0 Å². The van der Waals surface area contributed by atoms with Gasteiger partial charge in [-0.25, -0.2) is 0 Å². The summed E-state index contributed by atoms with van der Waals surface area (Å²) in [6.45, 7) is 6.01. The molecule has 0 fully saturated rings. The zero-order valence-electron chi connectivity index (χ0n) is 11.7. The molecule has 2 heteroatoms. The third-order valence-electron chi connectivity index (χ3n) is 3.34. The summed E-state index contributed by atoms with van der Waals surface area (Å²) in [5.74, 6) is 0.285. The van der Waals surface area contributed by atoms with Crippen LogP contribution in [0.25, 0.3) is 0 Å². The maximum atomic E-state index is 11.9. The molecule has 0 aliphatic rings. The zero-order valence-corrected chi connectivity index (χ0v) is 12.6. The maximum Gasteiger partial charge on any atom is 0.145 e. The number of hydrogen-bond donors (Lipinski definition) is 0. The minimum absolute atomic E-state index is 0.269. The smallest absolute Gasteiger partial charge is 0.145 e. The Bertz CT molecular complexity index is 361. The van der Waals surface area contributed by atoms with Crippen LogP contribution in [0.2, 0.25) is 0 Å². The van der Waals surface area contributed by atoms with Crippen LogP contribution in [-0.2, 0) is 4.79 Å². The molecule has 1 atom stereocenters. The van der Waals surface area contributed by atoms with E-state index in [1.54, 1.807) is 18.7 Å². The number of hydrogen-bond acceptors (Lipinski definition) is 2. The first-order valence-corrected chi connectivity index (χ1v) is 7.65. The van der Waals surface area contributed by atoms with E-state index in [4.69, 9.17) is 0 Å². The highest BCUT2D eigenvalue weighted by molar-refractivity contribution is 8.01. The summed E-state index contributed by atoms with van der Waals surface area (Å²) in [4.78, 5) is 13.1. The molecule has 1 nitrogen and oxygen atoms in total. The van der Waals surface area contributed by atoms with E-state index in [0.717, 1.165) is 12.8 Å². The molecule has 0 heterocycles. The number of benzene rings is 1. The van der Waals surface area contributed by atoms with Crippen molar-refractivity contribution >= 4 is 17.5 Å². The fourth-order valence-corrected chi connectivity index (χ4v) is 3.14. The Hall–Kier alpha value is -0.760. The van der Waals surface area contributed by atoms with E-state index in [1.165, 1.54) is 24.2 Å². The first-order chi connectivity index (χ1) is 8.58. The highest BCUT2D eigenvalue weighted by Gasteiger charge is 2.30. The summed E-state index contributed by atoms with van der Waals surface area (Å²) in [6.07, 6.45) is 5.85. The van der Waals surface area contributed by atoms with Gasteiger partial charge in [-0.05, 0) is 32.4 Å². The number of unbranched alkanes of at least 4 members (excludes halogenated alkanes) is 3. The van der Waals surface area contributed by atoms with Crippen LogP contribution in [0.5, 0.6) is 0 Å². The molecule has 0 aliphatic carbocycles. The van der Waals surface area contributed by atoms with Crippen LogP contribution < -0.4 is 0 Å². The molecule has 1 rings (SSSR count). The molecule has 0 aromatic heterocycles. The van der Waals surface area contributed by atoms with Crippen LogP contribution in [0.3, 0.4) is 0 Å². The number of Topliss-reactive ketones (excluding diaryl/α,β-unsaturated/α-hetero) is 1. The first-order valence-electron chi connectivity index (χ1n) is 6.83. The summed E-state index contributed by atoms with van der Waals surface area (Å²) in [6, 6.07) is 10.2. The van der Waals surface area contributed by atoms with Crippen LogP contribution in [-0.4, -0.2) is 10.5 Å². The van der Waals surface area contributed by atoms with E-state index >= 15 is 0 Å². The van der Waals surface area contributed by atoms with Gasteiger partial charge >= 0.3 is 0 Å². The van der Waals surface area contributed by atoms with E-state index in [0.29, 0.717) is 0 Å². The largest absolute Gasteiger partial charge is 0.298 e. The third-order valence-corrected chi connectivity index (χ3v) is 4.79. The lowest BCUT2D eigenvalue weighted by Gasteiger charge is -2.26. The van der Waals surface area contributed by atoms with Gasteiger partial charge in [0.15, 0.2) is 0 Å². The minimum atomic E-state index is -0.269. The molecule has 1 aromatic rings. The van der Waals surface area contributed by atoms with Crippen LogP contribution in [0.4, 0.5) is 0 Å². The lowest BCUT2D eigenvalue weighted by Crippen LogP contribution is -2.29. The van der Waals surface area contributed by atoms with Gasteiger partial charge in [-0.15, -0.1) is 11.8 Å². The molecule has 0 aliphatic heterocycles. The Morgan fingerprint density at radius 3 is 2.39 bits per heavy atom. The molecule has 0 bridgehead atoms. The SMILES string of the molecule is CCCCCC[C@](C)(Sc1ccccc1)C(C)=O. The van der Waals surface area contributed by atoms with Crippen molar-refractivity contribution in [2.75, 3.05) is 0 Å². The number of rotatable bonds is 8. The molecular weight excluding hydrogens is 240 g/mol. The second-order valence-corrected chi connectivity index (χ2v) is 6.59. The quantitative estimate of drug-likeness (QED) is 0.480. The van der Waals surface area contributed by atoms with E-state index in [1.807, 2.05) is 18.2 Å². The average Bonchev–Trinajstić information content (AvgIpc) is 2.36. The third kappa shape index (κ3) is 4.85. The van der Waals surface area contributed by atoms with Gasteiger partial charge in [0.05, 0.1) is 4.75 Å². The number of ketones is 1. The Kier molecular flexibility index (Phi) is 6.48. The molecule has 18 heavy (non-hydrogen) atoms. The van der Waals surface area contributed by atoms with Gasteiger partial charge in [0, 0.05) is 4.90 Å². The monoisotopic (exact) mass is 264 g/mol. The van der Waals surface area contributed by atoms with Gasteiger partial charge in [0.2, 0.25) is 0 Å². The van der Waals surface area contributed by atoms with Crippen LogP contribution in [0.15, 0.2) is 35.2 Å². The number of carbonyl (C=O) groups is 1. The van der Waals surface area contributed by atoms with Gasteiger partial charge < -0.3 is 0 Å². The topological polar surface area (TPSA) is 17.1 Å².